The van der Waals surface area contributed by atoms with Crippen molar-refractivity contribution in [3.05, 3.63) is 29.8 Å². The fourth-order valence-corrected chi connectivity index (χ4v) is 1.38. The lowest BCUT2D eigenvalue weighted by molar-refractivity contribution is 0.0265. The molecule has 5 heteroatoms. The Morgan fingerprint density at radius 1 is 1.28 bits per heavy atom. The van der Waals surface area contributed by atoms with Crippen LogP contribution in [0.5, 0.6) is 0 Å². The molecular formula is C13H22N2O3. The zero-order valence-corrected chi connectivity index (χ0v) is 11.1. The van der Waals surface area contributed by atoms with Crippen LogP contribution in [0, 0.1) is 0 Å². The van der Waals surface area contributed by atoms with E-state index in [1.165, 1.54) is 12.1 Å². The van der Waals surface area contributed by atoms with Gasteiger partial charge in [0.05, 0.1) is 5.56 Å². The van der Waals surface area contributed by atoms with Crippen molar-refractivity contribution in [1.82, 2.24) is 4.90 Å². The van der Waals surface area contributed by atoms with E-state index < -0.39 is 5.97 Å². The minimum Gasteiger partial charge on any atom is -0.478 e. The first kappa shape index (κ1) is 16.4. The third-order valence-corrected chi connectivity index (χ3v) is 2.50. The summed E-state index contributed by atoms with van der Waals surface area (Å²) in [6.07, 6.45) is -0.287. The van der Waals surface area contributed by atoms with Crippen LogP contribution < -0.4 is 5.73 Å². The smallest absolute Gasteiger partial charge is 0.335 e. The van der Waals surface area contributed by atoms with Gasteiger partial charge >= 0.3 is 5.97 Å². The molecule has 1 aromatic rings. The molecule has 0 bridgehead atoms. The van der Waals surface area contributed by atoms with Crippen LogP contribution in [0.3, 0.4) is 0 Å². The van der Waals surface area contributed by atoms with E-state index in [-0.39, 0.29) is 11.8 Å². The molecule has 0 saturated heterocycles. The highest BCUT2D eigenvalue weighted by atomic mass is 16.4. The maximum atomic E-state index is 10.3. The molecule has 0 heterocycles. The molecule has 0 aliphatic heterocycles. The third kappa shape index (κ3) is 6.22. The van der Waals surface area contributed by atoms with E-state index in [0.717, 1.165) is 13.1 Å². The van der Waals surface area contributed by atoms with Gasteiger partial charge in [0, 0.05) is 5.69 Å². The maximum Gasteiger partial charge on any atom is 0.335 e. The molecule has 102 valence electrons. The van der Waals surface area contributed by atoms with Crippen LogP contribution in [0.4, 0.5) is 5.69 Å². The lowest BCUT2D eigenvalue weighted by atomic mass is 10.2. The molecule has 0 amide bonds. The first-order valence-corrected chi connectivity index (χ1v) is 5.93. The molecule has 1 unspecified atom stereocenters. The molecular weight excluding hydrogens is 232 g/mol. The van der Waals surface area contributed by atoms with E-state index in [0.29, 0.717) is 5.69 Å². The van der Waals surface area contributed by atoms with Crippen LogP contribution in [-0.2, 0) is 0 Å². The summed E-state index contributed by atoms with van der Waals surface area (Å²) >= 11 is 0. The molecule has 0 aliphatic carbocycles. The molecule has 4 N–H and O–H groups in total. The number of nitrogens with zero attached hydrogens (tertiary/aromatic N) is 1. The third-order valence-electron chi connectivity index (χ3n) is 2.50. The summed E-state index contributed by atoms with van der Waals surface area (Å²) in [5.41, 5.74) is 6.17. The minimum absolute atomic E-state index is 0.259. The number of aliphatic hydroxyl groups excluding tert-OH is 1. The lowest BCUT2D eigenvalue weighted by Gasteiger charge is -2.20. The largest absolute Gasteiger partial charge is 0.478 e. The second kappa shape index (κ2) is 8.49. The van der Waals surface area contributed by atoms with Crippen molar-refractivity contribution < 1.29 is 15.0 Å². The number of hydrogen-bond acceptors (Lipinski definition) is 4. The molecule has 5 nitrogen and oxygen atoms in total. The number of aliphatic hydroxyl groups is 1. The molecule has 0 fully saturated rings. The average molecular weight is 254 g/mol. The van der Waals surface area contributed by atoms with Crippen LogP contribution in [0.15, 0.2) is 24.3 Å². The predicted octanol–water partition coefficient (Wildman–Crippen LogP) is 1.63. The van der Waals surface area contributed by atoms with Gasteiger partial charge in [0.2, 0.25) is 0 Å². The van der Waals surface area contributed by atoms with Crippen molar-refractivity contribution in [2.75, 3.05) is 18.8 Å². The first-order valence-electron chi connectivity index (χ1n) is 5.93. The van der Waals surface area contributed by atoms with Crippen molar-refractivity contribution in [3.63, 3.8) is 0 Å². The van der Waals surface area contributed by atoms with E-state index >= 15 is 0 Å². The van der Waals surface area contributed by atoms with Crippen molar-refractivity contribution in [1.29, 1.82) is 0 Å². The fourth-order valence-electron chi connectivity index (χ4n) is 1.38. The highest BCUT2D eigenvalue weighted by molar-refractivity contribution is 5.87. The topological polar surface area (TPSA) is 86.8 Å². The maximum absolute atomic E-state index is 10.3. The van der Waals surface area contributed by atoms with Gasteiger partial charge in [-0.1, -0.05) is 13.8 Å². The number of carbonyl (C=O) groups is 1. The Kier molecular flexibility index (Phi) is 7.74. The SMILES string of the molecule is CCN(CC)C(C)O.Nc1ccc(C(=O)O)cc1. The number of aromatic carboxylic acids is 1. The highest BCUT2D eigenvalue weighted by Crippen LogP contribution is 2.04. The van der Waals surface area contributed by atoms with E-state index in [9.17, 15) is 4.79 Å². The number of nitrogen functional groups attached to an aromatic ring is 1. The van der Waals surface area contributed by atoms with Crippen molar-refractivity contribution >= 4 is 11.7 Å². The van der Waals surface area contributed by atoms with Crippen LogP contribution in [0.25, 0.3) is 0 Å². The Morgan fingerprint density at radius 3 is 1.94 bits per heavy atom. The van der Waals surface area contributed by atoms with Gasteiger partial charge in [0.15, 0.2) is 0 Å². The van der Waals surface area contributed by atoms with Gasteiger partial charge in [0.25, 0.3) is 0 Å². The van der Waals surface area contributed by atoms with E-state index in [4.69, 9.17) is 15.9 Å². The number of carboxylic acid groups (broad SMARTS) is 1. The van der Waals surface area contributed by atoms with Crippen molar-refractivity contribution in [3.8, 4) is 0 Å². The summed E-state index contributed by atoms with van der Waals surface area (Å²) in [6.45, 7) is 7.71. The summed E-state index contributed by atoms with van der Waals surface area (Å²) < 4.78 is 0. The molecule has 18 heavy (non-hydrogen) atoms. The molecule has 1 aromatic carbocycles. The zero-order valence-electron chi connectivity index (χ0n) is 11.1. The predicted molar refractivity (Wildman–Crippen MR) is 72.4 cm³/mol. The summed E-state index contributed by atoms with van der Waals surface area (Å²) in [5, 5.41) is 17.4. The van der Waals surface area contributed by atoms with Crippen LogP contribution in [-0.4, -0.2) is 40.4 Å². The summed E-state index contributed by atoms with van der Waals surface area (Å²) in [4.78, 5) is 12.2. The average Bonchev–Trinajstić information content (AvgIpc) is 2.31. The highest BCUT2D eigenvalue weighted by Gasteiger charge is 2.02. The number of anilines is 1. The van der Waals surface area contributed by atoms with Crippen LogP contribution in [0.2, 0.25) is 0 Å². The van der Waals surface area contributed by atoms with Gasteiger partial charge in [-0.2, -0.15) is 0 Å². The van der Waals surface area contributed by atoms with Crippen molar-refractivity contribution in [2.24, 2.45) is 0 Å². The fraction of sp³-hybridized carbons (Fsp3) is 0.462. The molecule has 0 aliphatic rings. The van der Waals surface area contributed by atoms with E-state index in [1.54, 1.807) is 19.1 Å². The van der Waals surface area contributed by atoms with Crippen molar-refractivity contribution in [2.45, 2.75) is 27.0 Å². The van der Waals surface area contributed by atoms with Crippen LogP contribution in [0.1, 0.15) is 31.1 Å². The Balaban J connectivity index is 0.000000331. The zero-order chi connectivity index (χ0) is 14.1. The molecule has 0 spiro atoms. The standard InChI is InChI=1S/C7H7NO2.C6H15NO/c8-6-3-1-5(2-4-6)7(9)10;1-4-7(5-2)6(3)8/h1-4H,8H2,(H,9,10);6,8H,4-5H2,1-3H3. The van der Waals surface area contributed by atoms with Gasteiger partial charge in [-0.15, -0.1) is 0 Å². The lowest BCUT2D eigenvalue weighted by Crippen LogP contribution is -2.32. The Hall–Kier alpha value is -1.59. The Bertz CT molecular complexity index is 346. The number of rotatable bonds is 4. The summed E-state index contributed by atoms with van der Waals surface area (Å²) in [6, 6.07) is 6.06. The normalized spacial score (nSPS) is 11.6. The van der Waals surface area contributed by atoms with Gasteiger partial charge in [0.1, 0.15) is 6.23 Å². The molecule has 0 saturated carbocycles. The number of carboxylic acids is 1. The van der Waals surface area contributed by atoms with Gasteiger partial charge < -0.3 is 15.9 Å². The van der Waals surface area contributed by atoms with E-state index in [1.807, 2.05) is 18.7 Å². The summed E-state index contributed by atoms with van der Waals surface area (Å²) in [7, 11) is 0. The van der Waals surface area contributed by atoms with Crippen LogP contribution >= 0.6 is 0 Å². The molecule has 0 aromatic heterocycles. The first-order chi connectivity index (χ1) is 8.42. The second-order valence-corrected chi connectivity index (χ2v) is 3.78. The molecule has 0 radical (unpaired) electrons. The molecule has 1 atom stereocenters. The molecule has 1 rings (SSSR count). The summed E-state index contributed by atoms with van der Waals surface area (Å²) in [5.74, 6) is -0.931. The quantitative estimate of drug-likeness (QED) is 0.561. The van der Waals surface area contributed by atoms with Gasteiger partial charge in [-0.25, -0.2) is 4.79 Å². The second-order valence-electron chi connectivity index (χ2n) is 3.78. The monoisotopic (exact) mass is 254 g/mol. The van der Waals surface area contributed by atoms with E-state index in [2.05, 4.69) is 0 Å². The number of benzene rings is 1. The number of hydrogen-bond donors (Lipinski definition) is 3. The van der Waals surface area contributed by atoms with Gasteiger partial charge in [-0.05, 0) is 44.3 Å². The Morgan fingerprint density at radius 2 is 1.72 bits per heavy atom. The number of nitrogens with two attached hydrogens (primary N) is 1. The van der Waals surface area contributed by atoms with Gasteiger partial charge in [-0.3, -0.25) is 4.90 Å². The Labute approximate surface area is 108 Å². The minimum atomic E-state index is -0.931.